The maximum Gasteiger partial charge on any atom is 0.250 e. The summed E-state index contributed by atoms with van der Waals surface area (Å²) >= 11 is 6.06. The number of nitrogens with zero attached hydrogens (tertiary/aromatic N) is 2. The molecular formula is C21H27ClN2O2. The summed E-state index contributed by atoms with van der Waals surface area (Å²) in [6.45, 7) is 0.254. The second-order valence-electron chi connectivity index (χ2n) is 7.95. The third-order valence-electron chi connectivity index (χ3n) is 6.31. The number of carbonyl (C=O) groups is 2. The van der Waals surface area contributed by atoms with Gasteiger partial charge in [0.1, 0.15) is 12.6 Å². The van der Waals surface area contributed by atoms with Gasteiger partial charge in [-0.15, -0.1) is 0 Å². The molecule has 0 bridgehead atoms. The molecule has 3 fully saturated rings. The van der Waals surface area contributed by atoms with Crippen LogP contribution in [-0.2, 0) is 9.59 Å². The molecule has 140 valence electrons. The zero-order chi connectivity index (χ0) is 18.1. The van der Waals surface area contributed by atoms with E-state index in [1.165, 1.54) is 6.42 Å². The van der Waals surface area contributed by atoms with E-state index in [4.69, 9.17) is 11.6 Å². The summed E-state index contributed by atoms with van der Waals surface area (Å²) in [7, 11) is 0. The fraction of sp³-hybridized carbons (Fsp3) is 0.619. The lowest BCUT2D eigenvalue weighted by Gasteiger charge is -2.47. The number of rotatable bonds is 3. The van der Waals surface area contributed by atoms with Gasteiger partial charge in [0, 0.05) is 17.1 Å². The van der Waals surface area contributed by atoms with E-state index in [9.17, 15) is 9.59 Å². The molecule has 0 aromatic heterocycles. The molecule has 0 unspecified atom stereocenters. The van der Waals surface area contributed by atoms with Gasteiger partial charge in [-0.1, -0.05) is 55.8 Å². The zero-order valence-electron chi connectivity index (χ0n) is 15.2. The standard InChI is InChI=1S/C21H27ClN2O2/c22-16-12-10-15(11-13-16)20-21(26)23(17-6-4-5-7-17)14-19(25)24(20)18-8-2-1-3-9-18/h10-13,17-18,20H,1-9,14H2/t20-/m1/s1. The fourth-order valence-electron chi connectivity index (χ4n) is 4.97. The lowest BCUT2D eigenvalue weighted by molar-refractivity contribution is -0.162. The largest absolute Gasteiger partial charge is 0.328 e. The quantitative estimate of drug-likeness (QED) is 0.790. The minimum absolute atomic E-state index is 0.101. The molecule has 0 radical (unpaired) electrons. The highest BCUT2D eigenvalue weighted by molar-refractivity contribution is 6.30. The molecule has 5 heteroatoms. The summed E-state index contributed by atoms with van der Waals surface area (Å²) in [5, 5.41) is 0.653. The van der Waals surface area contributed by atoms with E-state index in [1.54, 1.807) is 0 Å². The van der Waals surface area contributed by atoms with E-state index >= 15 is 0 Å². The molecule has 1 atom stereocenters. The summed E-state index contributed by atoms with van der Waals surface area (Å²) in [4.78, 5) is 30.4. The Morgan fingerprint density at radius 2 is 1.38 bits per heavy atom. The number of hydrogen-bond acceptors (Lipinski definition) is 2. The highest BCUT2D eigenvalue weighted by Crippen LogP contribution is 2.37. The first kappa shape index (κ1) is 17.8. The van der Waals surface area contributed by atoms with Crippen LogP contribution < -0.4 is 0 Å². The van der Waals surface area contributed by atoms with Crippen LogP contribution in [0.2, 0.25) is 5.02 Å². The molecule has 1 aliphatic heterocycles. The highest BCUT2D eigenvalue weighted by Gasteiger charge is 2.45. The molecule has 2 amide bonds. The van der Waals surface area contributed by atoms with Crippen molar-refractivity contribution >= 4 is 23.4 Å². The number of amides is 2. The van der Waals surface area contributed by atoms with Crippen LogP contribution in [0.4, 0.5) is 0 Å². The van der Waals surface area contributed by atoms with Gasteiger partial charge in [0.2, 0.25) is 5.91 Å². The van der Waals surface area contributed by atoms with Gasteiger partial charge in [0.25, 0.3) is 5.91 Å². The third-order valence-corrected chi connectivity index (χ3v) is 6.56. The lowest BCUT2D eigenvalue weighted by Crippen LogP contribution is -2.60. The number of benzene rings is 1. The highest BCUT2D eigenvalue weighted by atomic mass is 35.5. The summed E-state index contributed by atoms with van der Waals surface area (Å²) in [6, 6.07) is 7.39. The van der Waals surface area contributed by atoms with E-state index in [0.717, 1.165) is 56.9 Å². The molecule has 4 nitrogen and oxygen atoms in total. The fourth-order valence-corrected chi connectivity index (χ4v) is 5.10. The molecule has 2 aliphatic carbocycles. The van der Waals surface area contributed by atoms with Crippen molar-refractivity contribution < 1.29 is 9.59 Å². The minimum Gasteiger partial charge on any atom is -0.328 e. The van der Waals surface area contributed by atoms with E-state index in [1.807, 2.05) is 34.1 Å². The maximum absolute atomic E-state index is 13.5. The summed E-state index contributed by atoms with van der Waals surface area (Å²) in [5.41, 5.74) is 0.890. The van der Waals surface area contributed by atoms with Gasteiger partial charge in [-0.2, -0.15) is 0 Å². The van der Waals surface area contributed by atoms with Crippen LogP contribution in [0.5, 0.6) is 0 Å². The molecule has 1 aromatic rings. The molecule has 0 N–H and O–H groups in total. The Kier molecular flexibility index (Phi) is 5.21. The van der Waals surface area contributed by atoms with Crippen LogP contribution in [0.1, 0.15) is 69.4 Å². The molecule has 0 spiro atoms. The van der Waals surface area contributed by atoms with Crippen molar-refractivity contribution in [2.45, 2.75) is 75.9 Å². The molecule has 1 aromatic carbocycles. The normalized spacial score (nSPS) is 26.0. The number of piperazine rings is 1. The van der Waals surface area contributed by atoms with Crippen molar-refractivity contribution in [2.75, 3.05) is 6.54 Å². The molecule has 3 aliphatic rings. The van der Waals surface area contributed by atoms with Crippen LogP contribution in [0.15, 0.2) is 24.3 Å². The zero-order valence-corrected chi connectivity index (χ0v) is 16.0. The molecule has 4 rings (SSSR count). The van der Waals surface area contributed by atoms with Gasteiger partial charge in [0.15, 0.2) is 0 Å². The topological polar surface area (TPSA) is 40.6 Å². The number of carbonyl (C=O) groups excluding carboxylic acids is 2. The average Bonchev–Trinajstić information content (AvgIpc) is 3.19. The van der Waals surface area contributed by atoms with Crippen LogP contribution in [0, 0.1) is 0 Å². The lowest BCUT2D eigenvalue weighted by atomic mass is 9.90. The first-order valence-corrected chi connectivity index (χ1v) is 10.4. The summed E-state index contributed by atoms with van der Waals surface area (Å²) < 4.78 is 0. The van der Waals surface area contributed by atoms with Crippen molar-refractivity contribution in [1.82, 2.24) is 9.80 Å². The molecular weight excluding hydrogens is 348 g/mol. The summed E-state index contributed by atoms with van der Waals surface area (Å²) in [5.74, 6) is 0.216. The monoisotopic (exact) mass is 374 g/mol. The average molecular weight is 375 g/mol. The predicted octanol–water partition coefficient (Wildman–Crippen LogP) is 4.33. The van der Waals surface area contributed by atoms with Crippen molar-refractivity contribution in [3.8, 4) is 0 Å². The van der Waals surface area contributed by atoms with Gasteiger partial charge >= 0.3 is 0 Å². The maximum atomic E-state index is 13.5. The van der Waals surface area contributed by atoms with Crippen molar-refractivity contribution in [1.29, 1.82) is 0 Å². The first-order valence-electron chi connectivity index (χ1n) is 10.0. The third kappa shape index (κ3) is 3.36. The van der Waals surface area contributed by atoms with Crippen molar-refractivity contribution in [2.24, 2.45) is 0 Å². The number of hydrogen-bond donors (Lipinski definition) is 0. The molecule has 1 saturated heterocycles. The number of halogens is 1. The Morgan fingerprint density at radius 1 is 0.808 bits per heavy atom. The Hall–Kier alpha value is -1.55. The van der Waals surface area contributed by atoms with Gasteiger partial charge in [-0.25, -0.2) is 0 Å². The molecule has 26 heavy (non-hydrogen) atoms. The molecule has 1 heterocycles. The van der Waals surface area contributed by atoms with Crippen LogP contribution in [0.3, 0.4) is 0 Å². The van der Waals surface area contributed by atoms with Crippen LogP contribution in [-0.4, -0.2) is 40.2 Å². The van der Waals surface area contributed by atoms with Crippen LogP contribution in [0.25, 0.3) is 0 Å². The second kappa shape index (κ2) is 7.59. The summed E-state index contributed by atoms with van der Waals surface area (Å²) in [6.07, 6.45) is 9.88. The van der Waals surface area contributed by atoms with Crippen LogP contribution >= 0.6 is 11.6 Å². The smallest absolute Gasteiger partial charge is 0.250 e. The van der Waals surface area contributed by atoms with Gasteiger partial charge < -0.3 is 9.80 Å². The second-order valence-corrected chi connectivity index (χ2v) is 8.39. The Bertz CT molecular complexity index is 663. The first-order chi connectivity index (χ1) is 12.6. The minimum atomic E-state index is -0.489. The van der Waals surface area contributed by atoms with Gasteiger partial charge in [-0.05, 0) is 43.4 Å². The predicted molar refractivity (Wildman–Crippen MR) is 102 cm³/mol. The SMILES string of the molecule is O=C1[C@@H](c2ccc(Cl)cc2)N(C2CCCCC2)C(=O)CN1C1CCCC1. The van der Waals surface area contributed by atoms with Crippen molar-refractivity contribution in [3.63, 3.8) is 0 Å². The Balaban J connectivity index is 1.68. The van der Waals surface area contributed by atoms with E-state index in [2.05, 4.69) is 0 Å². The van der Waals surface area contributed by atoms with Crippen molar-refractivity contribution in [3.05, 3.63) is 34.9 Å². The van der Waals surface area contributed by atoms with E-state index in [0.29, 0.717) is 5.02 Å². The van der Waals surface area contributed by atoms with Gasteiger partial charge in [0.05, 0.1) is 0 Å². The van der Waals surface area contributed by atoms with E-state index < -0.39 is 6.04 Å². The molecule has 2 saturated carbocycles. The van der Waals surface area contributed by atoms with E-state index in [-0.39, 0.29) is 30.4 Å². The Labute approximate surface area is 160 Å². The van der Waals surface area contributed by atoms with Gasteiger partial charge in [-0.3, -0.25) is 9.59 Å². The Morgan fingerprint density at radius 3 is 2.04 bits per heavy atom.